The number of carbonyl (C=O) groups is 2. The lowest BCUT2D eigenvalue weighted by molar-refractivity contribution is 0.0720. The number of furan rings is 1. The Morgan fingerprint density at radius 2 is 2.04 bits per heavy atom. The molecule has 7 nitrogen and oxygen atoms in total. The fraction of sp³-hybridized carbons (Fsp3) is 0.625. The molecule has 1 aliphatic carbocycles. The van der Waals surface area contributed by atoms with Crippen LogP contribution >= 0.6 is 0 Å². The second-order valence-electron chi connectivity index (χ2n) is 6.57. The fourth-order valence-corrected chi connectivity index (χ4v) is 4.84. The highest BCUT2D eigenvalue weighted by Crippen LogP contribution is 2.28. The van der Waals surface area contributed by atoms with E-state index >= 15 is 0 Å². The van der Waals surface area contributed by atoms with Crippen molar-refractivity contribution >= 4 is 21.7 Å². The zero-order chi connectivity index (χ0) is 17.5. The van der Waals surface area contributed by atoms with Gasteiger partial charge in [-0.05, 0) is 19.3 Å². The molecule has 0 radical (unpaired) electrons. The van der Waals surface area contributed by atoms with E-state index in [1.54, 1.807) is 0 Å². The van der Waals surface area contributed by atoms with Gasteiger partial charge in [0.25, 0.3) is 5.91 Å². The monoisotopic (exact) mass is 354 g/mol. The summed E-state index contributed by atoms with van der Waals surface area (Å²) in [5.74, 6) is 0.195. The SMILES string of the molecule is CN(C)S(=O)(=O)C1CCCN(C(=O)c2coc3c2C(=O)CCC3)C1. The first kappa shape index (κ1) is 17.2. The predicted octanol–water partition coefficient (Wildman–Crippen LogP) is 1.29. The zero-order valence-corrected chi connectivity index (χ0v) is 14.8. The third kappa shape index (κ3) is 2.88. The molecule has 1 aromatic heterocycles. The first-order chi connectivity index (χ1) is 11.3. The van der Waals surface area contributed by atoms with Crippen molar-refractivity contribution < 1.29 is 22.4 Å². The first-order valence-electron chi connectivity index (χ1n) is 8.16. The van der Waals surface area contributed by atoms with E-state index in [0.29, 0.717) is 43.6 Å². The van der Waals surface area contributed by atoms with E-state index in [9.17, 15) is 18.0 Å². The number of amides is 1. The van der Waals surface area contributed by atoms with Crippen LogP contribution in [0.1, 0.15) is 52.2 Å². The Balaban J connectivity index is 1.84. The summed E-state index contributed by atoms with van der Waals surface area (Å²) < 4.78 is 31.3. The van der Waals surface area contributed by atoms with Gasteiger partial charge in [-0.2, -0.15) is 0 Å². The van der Waals surface area contributed by atoms with Crippen LogP contribution in [0.15, 0.2) is 10.7 Å². The maximum Gasteiger partial charge on any atom is 0.257 e. The van der Waals surface area contributed by atoms with Gasteiger partial charge in [0.05, 0.1) is 16.4 Å². The highest BCUT2D eigenvalue weighted by atomic mass is 32.2. The summed E-state index contributed by atoms with van der Waals surface area (Å²) in [7, 11) is -0.412. The number of piperidine rings is 1. The molecule has 8 heteroatoms. The van der Waals surface area contributed by atoms with Gasteiger partial charge in [0.15, 0.2) is 5.78 Å². The second-order valence-corrected chi connectivity index (χ2v) is 8.99. The summed E-state index contributed by atoms with van der Waals surface area (Å²) in [5, 5.41) is -0.608. The van der Waals surface area contributed by atoms with E-state index in [1.165, 1.54) is 29.6 Å². The van der Waals surface area contributed by atoms with Crippen LogP contribution in [-0.4, -0.2) is 61.7 Å². The van der Waals surface area contributed by atoms with Crippen LogP contribution in [0.4, 0.5) is 0 Å². The van der Waals surface area contributed by atoms with Crippen molar-refractivity contribution in [3.8, 4) is 0 Å². The second kappa shape index (κ2) is 6.33. The van der Waals surface area contributed by atoms with Gasteiger partial charge in [0, 0.05) is 40.0 Å². The van der Waals surface area contributed by atoms with Crippen LogP contribution in [0.25, 0.3) is 0 Å². The molecule has 0 saturated carbocycles. The molecule has 1 aliphatic heterocycles. The lowest BCUT2D eigenvalue weighted by Gasteiger charge is -2.33. The van der Waals surface area contributed by atoms with Crippen LogP contribution < -0.4 is 0 Å². The van der Waals surface area contributed by atoms with Crippen molar-refractivity contribution in [2.45, 2.75) is 37.4 Å². The minimum Gasteiger partial charge on any atom is -0.468 e. The lowest BCUT2D eigenvalue weighted by Crippen LogP contribution is -2.48. The Morgan fingerprint density at radius 3 is 2.75 bits per heavy atom. The van der Waals surface area contributed by atoms with Crippen LogP contribution in [0, 0.1) is 0 Å². The van der Waals surface area contributed by atoms with E-state index in [0.717, 1.165) is 6.42 Å². The molecule has 0 aromatic carbocycles. The van der Waals surface area contributed by atoms with E-state index in [-0.39, 0.29) is 23.8 Å². The molecule has 1 unspecified atom stereocenters. The lowest BCUT2D eigenvalue weighted by atomic mass is 9.93. The third-order valence-corrected chi connectivity index (χ3v) is 7.02. The molecule has 3 rings (SSSR count). The van der Waals surface area contributed by atoms with Crippen molar-refractivity contribution in [2.24, 2.45) is 0 Å². The third-order valence-electron chi connectivity index (χ3n) is 4.78. The molecule has 1 saturated heterocycles. The smallest absolute Gasteiger partial charge is 0.257 e. The molecule has 1 fully saturated rings. The fourth-order valence-electron chi connectivity index (χ4n) is 3.41. The molecule has 1 amide bonds. The van der Waals surface area contributed by atoms with Crippen LogP contribution in [-0.2, 0) is 16.4 Å². The minimum absolute atomic E-state index is 0.0668. The van der Waals surface area contributed by atoms with Gasteiger partial charge in [-0.15, -0.1) is 0 Å². The molecular weight excluding hydrogens is 332 g/mol. The topological polar surface area (TPSA) is 87.9 Å². The standard InChI is InChI=1S/C16H22N2O5S/c1-17(2)24(21,22)11-5-4-8-18(9-11)16(20)12-10-23-14-7-3-6-13(19)15(12)14/h10-11H,3-9H2,1-2H3. The molecule has 1 atom stereocenters. The Kier molecular flexibility index (Phi) is 4.52. The summed E-state index contributed by atoms with van der Waals surface area (Å²) in [6.45, 7) is 0.639. The summed E-state index contributed by atoms with van der Waals surface area (Å²) in [4.78, 5) is 26.5. The van der Waals surface area contributed by atoms with Crippen molar-refractivity contribution in [1.29, 1.82) is 0 Å². The first-order valence-corrected chi connectivity index (χ1v) is 9.67. The van der Waals surface area contributed by atoms with Crippen LogP contribution in [0.2, 0.25) is 0 Å². The average Bonchev–Trinajstić information content (AvgIpc) is 2.99. The number of nitrogens with zero attached hydrogens (tertiary/aromatic N) is 2. The van der Waals surface area contributed by atoms with Gasteiger partial charge in [-0.3, -0.25) is 9.59 Å². The van der Waals surface area contributed by atoms with E-state index in [4.69, 9.17) is 4.42 Å². The number of ketones is 1. The molecule has 2 heterocycles. The van der Waals surface area contributed by atoms with Gasteiger partial charge >= 0.3 is 0 Å². The van der Waals surface area contributed by atoms with Gasteiger partial charge < -0.3 is 9.32 Å². The van der Waals surface area contributed by atoms with E-state index < -0.39 is 15.3 Å². The van der Waals surface area contributed by atoms with Crippen molar-refractivity contribution in [3.63, 3.8) is 0 Å². The number of fused-ring (bicyclic) bond motifs is 1. The maximum atomic E-state index is 12.8. The molecule has 24 heavy (non-hydrogen) atoms. The molecule has 1 aromatic rings. The van der Waals surface area contributed by atoms with Gasteiger partial charge in [-0.1, -0.05) is 0 Å². The zero-order valence-electron chi connectivity index (χ0n) is 13.9. The molecule has 132 valence electrons. The maximum absolute atomic E-state index is 12.8. The number of rotatable bonds is 3. The summed E-state index contributed by atoms with van der Waals surface area (Å²) in [6.07, 6.45) is 4.32. The molecule has 0 spiro atoms. The highest BCUT2D eigenvalue weighted by molar-refractivity contribution is 7.89. The molecule has 0 N–H and O–H groups in total. The normalized spacial score (nSPS) is 21.9. The van der Waals surface area contributed by atoms with Crippen LogP contribution in [0.5, 0.6) is 0 Å². The molecule has 0 bridgehead atoms. The Hall–Kier alpha value is -1.67. The number of carbonyl (C=O) groups excluding carboxylic acids is 2. The minimum atomic E-state index is -3.41. The molecule has 2 aliphatic rings. The number of sulfonamides is 1. The Morgan fingerprint density at radius 1 is 1.29 bits per heavy atom. The molecular formula is C16H22N2O5S. The number of hydrogen-bond acceptors (Lipinski definition) is 5. The van der Waals surface area contributed by atoms with Crippen molar-refractivity contribution in [2.75, 3.05) is 27.2 Å². The summed E-state index contributed by atoms with van der Waals surface area (Å²) >= 11 is 0. The van der Waals surface area contributed by atoms with Crippen molar-refractivity contribution in [3.05, 3.63) is 23.2 Å². The van der Waals surface area contributed by atoms with Gasteiger partial charge in [0.2, 0.25) is 10.0 Å². The van der Waals surface area contributed by atoms with E-state index in [1.807, 2.05) is 0 Å². The highest BCUT2D eigenvalue weighted by Gasteiger charge is 2.36. The Labute approximate surface area is 141 Å². The average molecular weight is 354 g/mol. The van der Waals surface area contributed by atoms with E-state index in [2.05, 4.69) is 0 Å². The summed E-state index contributed by atoms with van der Waals surface area (Å²) in [5.41, 5.74) is 0.668. The Bertz CT molecular complexity index is 765. The number of aryl methyl sites for hydroxylation is 1. The predicted molar refractivity (Wildman–Crippen MR) is 87.5 cm³/mol. The quantitative estimate of drug-likeness (QED) is 0.816. The van der Waals surface area contributed by atoms with Crippen molar-refractivity contribution in [1.82, 2.24) is 9.21 Å². The van der Waals surface area contributed by atoms with Crippen LogP contribution in [0.3, 0.4) is 0 Å². The summed E-state index contributed by atoms with van der Waals surface area (Å²) in [6, 6.07) is 0. The number of Topliss-reactive ketones (excluding diaryl/α,β-unsaturated/α-hetero) is 1. The van der Waals surface area contributed by atoms with Gasteiger partial charge in [-0.25, -0.2) is 12.7 Å². The van der Waals surface area contributed by atoms with Gasteiger partial charge in [0.1, 0.15) is 12.0 Å². The largest absolute Gasteiger partial charge is 0.468 e. The number of hydrogen-bond donors (Lipinski definition) is 0. The number of likely N-dealkylation sites (tertiary alicyclic amines) is 1.